The second-order valence-electron chi connectivity index (χ2n) is 4.98. The molecular formula is C16H9BrN2O4S2. The predicted molar refractivity (Wildman–Crippen MR) is 102 cm³/mol. The van der Waals surface area contributed by atoms with E-state index in [9.17, 15) is 14.4 Å². The molecule has 0 radical (unpaired) electrons. The average Bonchev–Trinajstić information content (AvgIpc) is 2.97. The van der Waals surface area contributed by atoms with E-state index in [0.29, 0.717) is 5.69 Å². The molecule has 0 bridgehead atoms. The number of benzene rings is 1. The molecule has 0 saturated carbocycles. The lowest BCUT2D eigenvalue weighted by Gasteiger charge is -2.28. The fourth-order valence-corrected chi connectivity index (χ4v) is 3.85. The first kappa shape index (κ1) is 17.5. The van der Waals surface area contributed by atoms with Crippen molar-refractivity contribution in [1.82, 2.24) is 5.32 Å². The number of hydrogen-bond acceptors (Lipinski definition) is 5. The van der Waals surface area contributed by atoms with Gasteiger partial charge in [-0.05, 0) is 64.6 Å². The van der Waals surface area contributed by atoms with Crippen LogP contribution in [0.25, 0.3) is 6.08 Å². The highest BCUT2D eigenvalue weighted by Crippen LogP contribution is 2.26. The molecule has 6 nitrogen and oxygen atoms in total. The van der Waals surface area contributed by atoms with Crippen molar-refractivity contribution in [2.45, 2.75) is 0 Å². The molecule has 9 heteroatoms. The second-order valence-corrected chi connectivity index (χ2v) is 7.22. The summed E-state index contributed by atoms with van der Waals surface area (Å²) in [5, 5.41) is 13.2. The van der Waals surface area contributed by atoms with Gasteiger partial charge in [0.25, 0.3) is 11.8 Å². The SMILES string of the molecule is O=C1NC(=S)N(c2ccc(C(=O)O)cc2)C(=O)/C1=C/c1cc(Br)cs1. The molecule has 2 aromatic rings. The van der Waals surface area contributed by atoms with Crippen LogP contribution < -0.4 is 10.2 Å². The number of carbonyl (C=O) groups excluding carboxylic acids is 2. The van der Waals surface area contributed by atoms with Gasteiger partial charge in [-0.15, -0.1) is 11.3 Å². The molecule has 3 rings (SSSR count). The molecule has 1 aliphatic heterocycles. The fourth-order valence-electron chi connectivity index (χ4n) is 2.19. The number of nitrogens with one attached hydrogen (secondary N) is 1. The van der Waals surface area contributed by atoms with Gasteiger partial charge in [-0.25, -0.2) is 4.79 Å². The minimum Gasteiger partial charge on any atom is -0.478 e. The number of carboxylic acid groups (broad SMARTS) is 1. The monoisotopic (exact) mass is 436 g/mol. The topological polar surface area (TPSA) is 86.7 Å². The van der Waals surface area contributed by atoms with E-state index in [-0.39, 0.29) is 16.2 Å². The van der Waals surface area contributed by atoms with Crippen LogP contribution in [0.5, 0.6) is 0 Å². The maximum Gasteiger partial charge on any atom is 0.335 e. The number of amides is 2. The summed E-state index contributed by atoms with van der Waals surface area (Å²) in [5.41, 5.74) is 0.408. The zero-order valence-corrected chi connectivity index (χ0v) is 15.6. The Labute approximate surface area is 159 Å². The largest absolute Gasteiger partial charge is 0.478 e. The van der Waals surface area contributed by atoms with E-state index in [1.54, 1.807) is 6.07 Å². The van der Waals surface area contributed by atoms with Gasteiger partial charge in [-0.2, -0.15) is 0 Å². The third kappa shape index (κ3) is 3.53. The number of carbonyl (C=O) groups is 3. The lowest BCUT2D eigenvalue weighted by molar-refractivity contribution is -0.122. The number of anilines is 1. The molecule has 2 amide bonds. The zero-order valence-electron chi connectivity index (χ0n) is 12.4. The van der Waals surface area contributed by atoms with Crippen molar-refractivity contribution < 1.29 is 19.5 Å². The van der Waals surface area contributed by atoms with Crippen molar-refractivity contribution in [3.63, 3.8) is 0 Å². The van der Waals surface area contributed by atoms with Crippen LogP contribution in [0.3, 0.4) is 0 Å². The van der Waals surface area contributed by atoms with Gasteiger partial charge in [0.1, 0.15) is 5.57 Å². The van der Waals surface area contributed by atoms with Gasteiger partial charge in [-0.1, -0.05) is 0 Å². The molecule has 2 N–H and O–H groups in total. The number of nitrogens with zero attached hydrogens (tertiary/aromatic N) is 1. The molecule has 126 valence electrons. The maximum atomic E-state index is 12.8. The Morgan fingerprint density at radius 3 is 2.52 bits per heavy atom. The first-order valence-corrected chi connectivity index (χ1v) is 8.94. The van der Waals surface area contributed by atoms with E-state index < -0.39 is 17.8 Å². The highest BCUT2D eigenvalue weighted by Gasteiger charge is 2.34. The zero-order chi connectivity index (χ0) is 18.1. The summed E-state index contributed by atoms with van der Waals surface area (Å²) in [6, 6.07) is 7.44. The first-order chi connectivity index (χ1) is 11.9. The molecule has 1 aromatic heterocycles. The third-order valence-electron chi connectivity index (χ3n) is 3.35. The number of aromatic carboxylic acids is 1. The van der Waals surface area contributed by atoms with E-state index in [1.807, 2.05) is 5.38 Å². The second kappa shape index (κ2) is 6.87. The highest BCUT2D eigenvalue weighted by atomic mass is 79.9. The molecule has 0 unspecified atom stereocenters. The predicted octanol–water partition coefficient (Wildman–Crippen LogP) is 3.04. The van der Waals surface area contributed by atoms with Crippen LogP contribution in [-0.4, -0.2) is 28.0 Å². The lowest BCUT2D eigenvalue weighted by atomic mass is 10.1. The Hall–Kier alpha value is -2.36. The quantitative estimate of drug-likeness (QED) is 0.438. The summed E-state index contributed by atoms with van der Waals surface area (Å²) in [6.45, 7) is 0. The summed E-state index contributed by atoms with van der Waals surface area (Å²) >= 11 is 9.79. The molecular weight excluding hydrogens is 428 g/mol. The van der Waals surface area contributed by atoms with E-state index in [1.165, 1.54) is 41.7 Å². The van der Waals surface area contributed by atoms with Crippen molar-refractivity contribution in [2.24, 2.45) is 0 Å². The van der Waals surface area contributed by atoms with E-state index in [4.69, 9.17) is 17.3 Å². The van der Waals surface area contributed by atoms with Crippen LogP contribution in [0, 0.1) is 0 Å². The molecule has 0 atom stereocenters. The Balaban J connectivity index is 1.98. The van der Waals surface area contributed by atoms with Gasteiger partial charge in [-0.3, -0.25) is 19.8 Å². The van der Waals surface area contributed by atoms with Crippen LogP contribution in [0.1, 0.15) is 15.2 Å². The highest BCUT2D eigenvalue weighted by molar-refractivity contribution is 9.10. The third-order valence-corrected chi connectivity index (χ3v) is 5.27. The molecule has 2 heterocycles. The fraction of sp³-hybridized carbons (Fsp3) is 0. The van der Waals surface area contributed by atoms with E-state index >= 15 is 0 Å². The van der Waals surface area contributed by atoms with E-state index in [2.05, 4.69) is 21.2 Å². The summed E-state index contributed by atoms with van der Waals surface area (Å²) < 4.78 is 0.852. The number of rotatable bonds is 3. The Morgan fingerprint density at radius 1 is 1.28 bits per heavy atom. The standard InChI is InChI=1S/C16H9BrN2O4S2/c17-9-5-11(25-7-9)6-12-13(20)18-16(24)19(14(12)21)10-3-1-8(2-4-10)15(22)23/h1-7H,(H,22,23)(H,18,20,24)/b12-6+. The van der Waals surface area contributed by atoms with Gasteiger partial charge in [0.05, 0.1) is 11.3 Å². The first-order valence-electron chi connectivity index (χ1n) is 6.85. The van der Waals surface area contributed by atoms with Gasteiger partial charge in [0.2, 0.25) is 0 Å². The summed E-state index contributed by atoms with van der Waals surface area (Å²) in [4.78, 5) is 37.8. The van der Waals surface area contributed by atoms with Crippen molar-refractivity contribution in [3.8, 4) is 0 Å². The van der Waals surface area contributed by atoms with Crippen molar-refractivity contribution >= 4 is 74.1 Å². The van der Waals surface area contributed by atoms with Crippen molar-refractivity contribution in [1.29, 1.82) is 0 Å². The van der Waals surface area contributed by atoms with E-state index in [0.717, 1.165) is 14.2 Å². The van der Waals surface area contributed by atoms with Gasteiger partial charge < -0.3 is 5.11 Å². The van der Waals surface area contributed by atoms with Crippen LogP contribution in [0.4, 0.5) is 5.69 Å². The maximum absolute atomic E-state index is 12.8. The van der Waals surface area contributed by atoms with Crippen molar-refractivity contribution in [3.05, 3.63) is 56.2 Å². The molecule has 1 saturated heterocycles. The normalized spacial score (nSPS) is 16.3. The van der Waals surface area contributed by atoms with Crippen LogP contribution in [0.2, 0.25) is 0 Å². The Bertz CT molecular complexity index is 934. The van der Waals surface area contributed by atoms with Crippen LogP contribution >= 0.6 is 39.5 Å². The van der Waals surface area contributed by atoms with Crippen LogP contribution in [-0.2, 0) is 9.59 Å². The Kier molecular flexibility index (Phi) is 4.80. The molecule has 1 aromatic carbocycles. The Morgan fingerprint density at radius 2 is 1.96 bits per heavy atom. The summed E-state index contributed by atoms with van der Waals surface area (Å²) in [6.07, 6.45) is 1.49. The average molecular weight is 437 g/mol. The number of halogens is 1. The molecule has 0 spiro atoms. The number of carboxylic acids is 1. The summed E-state index contributed by atoms with van der Waals surface area (Å²) in [7, 11) is 0. The number of hydrogen-bond donors (Lipinski definition) is 2. The van der Waals surface area contributed by atoms with Gasteiger partial charge in [0.15, 0.2) is 5.11 Å². The molecule has 1 aliphatic rings. The molecule has 0 aliphatic carbocycles. The summed E-state index contributed by atoms with van der Waals surface area (Å²) in [5.74, 6) is -2.21. The van der Waals surface area contributed by atoms with Gasteiger partial charge >= 0.3 is 5.97 Å². The smallest absolute Gasteiger partial charge is 0.335 e. The van der Waals surface area contributed by atoms with Gasteiger partial charge in [0, 0.05) is 14.7 Å². The van der Waals surface area contributed by atoms with Crippen LogP contribution in [0.15, 0.2) is 45.8 Å². The van der Waals surface area contributed by atoms with Crippen molar-refractivity contribution in [2.75, 3.05) is 4.90 Å². The minimum absolute atomic E-state index is 0.0507. The molecule has 1 fully saturated rings. The number of thiocarbonyl (C=S) groups is 1. The minimum atomic E-state index is -1.07. The number of thiophene rings is 1. The lowest BCUT2D eigenvalue weighted by Crippen LogP contribution is -2.54. The molecule has 25 heavy (non-hydrogen) atoms.